The van der Waals surface area contributed by atoms with E-state index in [1.165, 1.54) is 5.56 Å². The van der Waals surface area contributed by atoms with Gasteiger partial charge in [-0.25, -0.2) is 0 Å². The lowest BCUT2D eigenvalue weighted by atomic mass is 10.1. The van der Waals surface area contributed by atoms with Gasteiger partial charge in [0, 0.05) is 0 Å². The monoisotopic (exact) mass is 371 g/mol. The van der Waals surface area contributed by atoms with E-state index in [1.807, 2.05) is 62.4 Å². The first-order chi connectivity index (χ1) is 13.0. The number of ether oxygens (including phenoxy) is 3. The maximum atomic E-state index is 12.5. The van der Waals surface area contributed by atoms with Crippen LogP contribution in [0.1, 0.15) is 32.8 Å². The molecule has 0 aliphatic carbocycles. The summed E-state index contributed by atoms with van der Waals surface area (Å²) in [6, 6.07) is 15.1. The third-order valence-electron chi connectivity index (χ3n) is 4.22. The number of methoxy groups -OCH3 is 1. The van der Waals surface area contributed by atoms with Crippen molar-refractivity contribution in [1.82, 2.24) is 5.32 Å². The average molecular weight is 371 g/mol. The van der Waals surface area contributed by atoms with Gasteiger partial charge in [-0.2, -0.15) is 0 Å². The Labute approximate surface area is 161 Å². The summed E-state index contributed by atoms with van der Waals surface area (Å²) in [6.07, 6.45) is 1.04. The summed E-state index contributed by atoms with van der Waals surface area (Å²) >= 11 is 0. The summed E-state index contributed by atoms with van der Waals surface area (Å²) in [6.45, 7) is 6.32. The molecule has 0 aliphatic heterocycles. The molecule has 2 rings (SSSR count). The molecule has 0 aromatic heterocycles. The summed E-state index contributed by atoms with van der Waals surface area (Å²) in [5, 5.41) is 2.95. The molecule has 5 heteroatoms. The van der Waals surface area contributed by atoms with Gasteiger partial charge in [-0.1, -0.05) is 26.0 Å². The van der Waals surface area contributed by atoms with Gasteiger partial charge in [-0.3, -0.25) is 4.79 Å². The first kappa shape index (κ1) is 20.6. The van der Waals surface area contributed by atoms with Crippen LogP contribution < -0.4 is 19.5 Å². The third-order valence-corrected chi connectivity index (χ3v) is 4.22. The molecule has 2 aromatic carbocycles. The maximum Gasteiger partial charge on any atom is 0.261 e. The Kier molecular flexibility index (Phi) is 7.99. The predicted octanol–water partition coefficient (Wildman–Crippen LogP) is 4.00. The van der Waals surface area contributed by atoms with Gasteiger partial charge in [0.15, 0.2) is 6.10 Å². The van der Waals surface area contributed by atoms with E-state index in [-0.39, 0.29) is 11.9 Å². The maximum absolute atomic E-state index is 12.5. The van der Waals surface area contributed by atoms with Crippen LogP contribution >= 0.6 is 0 Å². The van der Waals surface area contributed by atoms with Crippen molar-refractivity contribution in [2.75, 3.05) is 13.7 Å². The zero-order valence-electron chi connectivity index (χ0n) is 16.5. The van der Waals surface area contributed by atoms with Gasteiger partial charge in [-0.15, -0.1) is 0 Å². The molecular weight excluding hydrogens is 342 g/mol. The second kappa shape index (κ2) is 10.5. The van der Waals surface area contributed by atoms with Crippen molar-refractivity contribution < 1.29 is 19.0 Å². The molecule has 0 spiro atoms. The Morgan fingerprint density at radius 3 is 2.11 bits per heavy atom. The minimum Gasteiger partial charge on any atom is -0.497 e. The summed E-state index contributed by atoms with van der Waals surface area (Å²) < 4.78 is 16.7. The number of carbonyl (C=O) groups excluding carboxylic acids is 1. The molecule has 5 nitrogen and oxygen atoms in total. The van der Waals surface area contributed by atoms with E-state index in [4.69, 9.17) is 14.2 Å². The van der Waals surface area contributed by atoms with E-state index in [1.54, 1.807) is 7.11 Å². The number of rotatable bonds is 10. The SMILES string of the molecule is CCc1ccc(O[C@@H](CC)C(=O)N[C@H](C)COc2ccc(OC)cc2)cc1. The van der Waals surface area contributed by atoms with Crippen LogP contribution in [0.25, 0.3) is 0 Å². The van der Waals surface area contributed by atoms with E-state index in [9.17, 15) is 4.79 Å². The molecule has 0 saturated heterocycles. The minimum absolute atomic E-state index is 0.136. The normalized spacial score (nSPS) is 12.7. The standard InChI is InChI=1S/C22H29NO4/c1-5-17-7-9-20(10-8-17)27-21(6-2)22(24)23-16(3)15-26-19-13-11-18(25-4)12-14-19/h7-14,16,21H,5-6,15H2,1-4H3,(H,23,24)/t16-,21+/m1/s1. The summed E-state index contributed by atoms with van der Waals surface area (Å²) in [5.41, 5.74) is 1.24. The van der Waals surface area contributed by atoms with Crippen molar-refractivity contribution >= 4 is 5.91 Å². The van der Waals surface area contributed by atoms with Crippen LogP contribution in [0.2, 0.25) is 0 Å². The molecule has 1 amide bonds. The second-order valence-electron chi connectivity index (χ2n) is 6.41. The van der Waals surface area contributed by atoms with Crippen LogP contribution in [0.5, 0.6) is 17.2 Å². The Balaban J connectivity index is 1.82. The van der Waals surface area contributed by atoms with Crippen molar-refractivity contribution in [3.05, 3.63) is 54.1 Å². The summed E-state index contributed by atoms with van der Waals surface area (Å²) in [7, 11) is 1.62. The Morgan fingerprint density at radius 2 is 1.56 bits per heavy atom. The highest BCUT2D eigenvalue weighted by Gasteiger charge is 2.20. The van der Waals surface area contributed by atoms with Crippen molar-refractivity contribution in [3.8, 4) is 17.2 Å². The average Bonchev–Trinajstić information content (AvgIpc) is 2.71. The lowest BCUT2D eigenvalue weighted by Crippen LogP contribution is -2.44. The van der Waals surface area contributed by atoms with Gasteiger partial charge >= 0.3 is 0 Å². The lowest BCUT2D eigenvalue weighted by molar-refractivity contribution is -0.128. The van der Waals surface area contributed by atoms with Crippen LogP contribution in [0.4, 0.5) is 0 Å². The smallest absolute Gasteiger partial charge is 0.261 e. The van der Waals surface area contributed by atoms with Crippen LogP contribution in [0, 0.1) is 0 Å². The predicted molar refractivity (Wildman–Crippen MR) is 107 cm³/mol. The van der Waals surface area contributed by atoms with Gasteiger partial charge in [0.2, 0.25) is 0 Å². The van der Waals surface area contributed by atoms with E-state index < -0.39 is 6.10 Å². The molecule has 0 unspecified atom stereocenters. The van der Waals surface area contributed by atoms with Gasteiger partial charge in [0.1, 0.15) is 23.9 Å². The molecule has 2 atom stereocenters. The fraction of sp³-hybridized carbons (Fsp3) is 0.409. The Morgan fingerprint density at radius 1 is 0.963 bits per heavy atom. The molecule has 1 N–H and O–H groups in total. The van der Waals surface area contributed by atoms with E-state index >= 15 is 0 Å². The van der Waals surface area contributed by atoms with Crippen LogP contribution in [0.3, 0.4) is 0 Å². The van der Waals surface area contributed by atoms with Gasteiger partial charge < -0.3 is 19.5 Å². The Bertz CT molecular complexity index is 697. The largest absolute Gasteiger partial charge is 0.497 e. The number of hydrogen-bond acceptors (Lipinski definition) is 4. The van der Waals surface area contributed by atoms with Gasteiger partial charge in [0.05, 0.1) is 13.2 Å². The number of nitrogens with one attached hydrogen (secondary N) is 1. The number of carbonyl (C=O) groups is 1. The Hall–Kier alpha value is -2.69. The van der Waals surface area contributed by atoms with Crippen LogP contribution in [0.15, 0.2) is 48.5 Å². The van der Waals surface area contributed by atoms with E-state index in [2.05, 4.69) is 12.2 Å². The molecule has 0 saturated carbocycles. The molecule has 0 heterocycles. The molecule has 146 valence electrons. The molecule has 0 bridgehead atoms. The van der Waals surface area contributed by atoms with Crippen LogP contribution in [-0.4, -0.2) is 31.8 Å². The number of benzene rings is 2. The molecular formula is C22H29NO4. The van der Waals surface area contributed by atoms with Crippen molar-refractivity contribution in [1.29, 1.82) is 0 Å². The van der Waals surface area contributed by atoms with E-state index in [0.29, 0.717) is 18.8 Å². The molecule has 0 radical (unpaired) electrons. The fourth-order valence-electron chi connectivity index (χ4n) is 2.56. The number of amides is 1. The van der Waals surface area contributed by atoms with Crippen molar-refractivity contribution in [2.24, 2.45) is 0 Å². The highest BCUT2D eigenvalue weighted by atomic mass is 16.5. The molecule has 2 aromatic rings. The first-order valence-corrected chi connectivity index (χ1v) is 9.38. The summed E-state index contributed by atoms with van der Waals surface area (Å²) in [5.74, 6) is 2.08. The quantitative estimate of drug-likeness (QED) is 0.686. The minimum atomic E-state index is -0.527. The third kappa shape index (κ3) is 6.51. The highest BCUT2D eigenvalue weighted by molar-refractivity contribution is 5.81. The van der Waals surface area contributed by atoms with Crippen molar-refractivity contribution in [2.45, 2.75) is 45.8 Å². The molecule has 0 aliphatic rings. The first-order valence-electron chi connectivity index (χ1n) is 9.38. The highest BCUT2D eigenvalue weighted by Crippen LogP contribution is 2.17. The van der Waals surface area contributed by atoms with Crippen molar-refractivity contribution in [3.63, 3.8) is 0 Å². The van der Waals surface area contributed by atoms with E-state index in [0.717, 1.165) is 17.9 Å². The fourth-order valence-corrected chi connectivity index (χ4v) is 2.56. The lowest BCUT2D eigenvalue weighted by Gasteiger charge is -2.21. The summed E-state index contributed by atoms with van der Waals surface area (Å²) in [4.78, 5) is 12.5. The number of hydrogen-bond donors (Lipinski definition) is 1. The topological polar surface area (TPSA) is 56.8 Å². The van der Waals surface area contributed by atoms with Gasteiger partial charge in [-0.05, 0) is 61.7 Å². The van der Waals surface area contributed by atoms with Gasteiger partial charge in [0.25, 0.3) is 5.91 Å². The second-order valence-corrected chi connectivity index (χ2v) is 6.41. The molecule has 0 fully saturated rings. The zero-order valence-corrected chi connectivity index (χ0v) is 16.5. The molecule has 27 heavy (non-hydrogen) atoms. The number of aryl methyl sites for hydroxylation is 1. The zero-order chi connectivity index (χ0) is 19.6. The van der Waals surface area contributed by atoms with Crippen LogP contribution in [-0.2, 0) is 11.2 Å².